The van der Waals surface area contributed by atoms with Gasteiger partial charge < -0.3 is 25.1 Å². The SMILES string of the molecule is COc1cc(/C=C/C(=O)O)cc(OC)c1OCCC(N)=O. The monoisotopic (exact) mass is 295 g/mol. The molecule has 0 radical (unpaired) electrons. The quantitative estimate of drug-likeness (QED) is 0.694. The summed E-state index contributed by atoms with van der Waals surface area (Å²) in [4.78, 5) is 21.3. The van der Waals surface area contributed by atoms with Crippen LogP contribution in [-0.2, 0) is 9.59 Å². The highest BCUT2D eigenvalue weighted by Crippen LogP contribution is 2.39. The largest absolute Gasteiger partial charge is 0.493 e. The fourth-order valence-electron chi connectivity index (χ4n) is 1.56. The highest BCUT2D eigenvalue weighted by Gasteiger charge is 2.14. The van der Waals surface area contributed by atoms with E-state index in [1.807, 2.05) is 0 Å². The van der Waals surface area contributed by atoms with Crippen molar-refractivity contribution in [2.24, 2.45) is 5.73 Å². The number of hydrogen-bond acceptors (Lipinski definition) is 5. The third kappa shape index (κ3) is 5.06. The number of nitrogens with two attached hydrogens (primary N) is 1. The molecular weight excluding hydrogens is 278 g/mol. The summed E-state index contributed by atoms with van der Waals surface area (Å²) in [6.07, 6.45) is 2.47. The lowest BCUT2D eigenvalue weighted by Crippen LogP contribution is -2.15. The van der Waals surface area contributed by atoms with Gasteiger partial charge in [0.15, 0.2) is 11.5 Å². The molecule has 0 fully saturated rings. The summed E-state index contributed by atoms with van der Waals surface area (Å²) < 4.78 is 15.8. The van der Waals surface area contributed by atoms with Gasteiger partial charge in [0.2, 0.25) is 11.7 Å². The number of hydrogen-bond donors (Lipinski definition) is 2. The predicted octanol–water partition coefficient (Wildman–Crippen LogP) is 1.06. The first-order chi connectivity index (χ1) is 9.97. The Kier molecular flexibility index (Phi) is 6.06. The zero-order valence-electron chi connectivity index (χ0n) is 11.8. The van der Waals surface area contributed by atoms with Crippen LogP contribution in [0.1, 0.15) is 12.0 Å². The Morgan fingerprint density at radius 2 is 1.81 bits per heavy atom. The van der Waals surface area contributed by atoms with Crippen LogP contribution in [0.15, 0.2) is 18.2 Å². The molecule has 0 heterocycles. The van der Waals surface area contributed by atoms with Gasteiger partial charge in [-0.3, -0.25) is 4.79 Å². The zero-order chi connectivity index (χ0) is 15.8. The van der Waals surface area contributed by atoms with Crippen molar-refractivity contribution in [3.8, 4) is 17.2 Å². The van der Waals surface area contributed by atoms with E-state index in [4.69, 9.17) is 25.1 Å². The maximum atomic E-state index is 10.7. The van der Waals surface area contributed by atoms with E-state index in [1.165, 1.54) is 20.3 Å². The Bertz CT molecular complexity index is 527. The fourth-order valence-corrected chi connectivity index (χ4v) is 1.56. The minimum atomic E-state index is -1.06. The van der Waals surface area contributed by atoms with Crippen molar-refractivity contribution in [1.29, 1.82) is 0 Å². The average molecular weight is 295 g/mol. The second-order valence-corrected chi connectivity index (χ2v) is 3.99. The van der Waals surface area contributed by atoms with Crippen molar-refractivity contribution in [2.45, 2.75) is 6.42 Å². The number of aliphatic carboxylic acids is 1. The molecule has 7 nitrogen and oxygen atoms in total. The molecule has 21 heavy (non-hydrogen) atoms. The molecule has 1 amide bonds. The minimum absolute atomic E-state index is 0.0625. The summed E-state index contributed by atoms with van der Waals surface area (Å²) in [5.74, 6) is -0.481. The number of rotatable bonds is 8. The molecule has 1 aromatic rings. The van der Waals surface area contributed by atoms with E-state index < -0.39 is 11.9 Å². The van der Waals surface area contributed by atoms with Crippen molar-refractivity contribution in [3.05, 3.63) is 23.8 Å². The van der Waals surface area contributed by atoms with Crippen molar-refractivity contribution in [2.75, 3.05) is 20.8 Å². The van der Waals surface area contributed by atoms with Gasteiger partial charge in [0.25, 0.3) is 0 Å². The third-order valence-corrected chi connectivity index (χ3v) is 2.50. The van der Waals surface area contributed by atoms with E-state index in [0.29, 0.717) is 22.8 Å². The molecule has 0 aliphatic carbocycles. The predicted molar refractivity (Wildman–Crippen MR) is 75.5 cm³/mol. The van der Waals surface area contributed by atoms with E-state index in [1.54, 1.807) is 12.1 Å². The third-order valence-electron chi connectivity index (χ3n) is 2.50. The molecule has 0 aromatic heterocycles. The maximum Gasteiger partial charge on any atom is 0.328 e. The lowest BCUT2D eigenvalue weighted by atomic mass is 10.1. The van der Waals surface area contributed by atoms with E-state index in [0.717, 1.165) is 6.08 Å². The molecule has 0 saturated heterocycles. The van der Waals surface area contributed by atoms with Gasteiger partial charge >= 0.3 is 5.97 Å². The van der Waals surface area contributed by atoms with Crippen LogP contribution < -0.4 is 19.9 Å². The normalized spacial score (nSPS) is 10.4. The number of ether oxygens (including phenoxy) is 3. The van der Waals surface area contributed by atoms with Gasteiger partial charge in [0.1, 0.15) is 0 Å². The van der Waals surface area contributed by atoms with Crippen LogP contribution >= 0.6 is 0 Å². The molecule has 7 heteroatoms. The van der Waals surface area contributed by atoms with Gasteiger partial charge in [0.05, 0.1) is 27.2 Å². The second-order valence-electron chi connectivity index (χ2n) is 3.99. The Balaban J connectivity index is 3.06. The topological polar surface area (TPSA) is 108 Å². The van der Waals surface area contributed by atoms with Crippen LogP contribution in [0.2, 0.25) is 0 Å². The molecule has 0 aliphatic rings. The minimum Gasteiger partial charge on any atom is -0.493 e. The van der Waals surface area contributed by atoms with E-state index in [-0.39, 0.29) is 13.0 Å². The second kappa shape index (κ2) is 7.78. The van der Waals surface area contributed by atoms with Gasteiger partial charge in [-0.25, -0.2) is 4.79 Å². The highest BCUT2D eigenvalue weighted by molar-refractivity contribution is 5.85. The average Bonchev–Trinajstić information content (AvgIpc) is 2.44. The number of primary amides is 1. The molecule has 0 spiro atoms. The first-order valence-corrected chi connectivity index (χ1v) is 6.06. The van der Waals surface area contributed by atoms with E-state index in [9.17, 15) is 9.59 Å². The Morgan fingerprint density at radius 1 is 1.24 bits per heavy atom. The lowest BCUT2D eigenvalue weighted by molar-refractivity contribution is -0.131. The van der Waals surface area contributed by atoms with Crippen LogP contribution in [0.25, 0.3) is 6.08 Å². The summed E-state index contributed by atoms with van der Waals surface area (Å²) in [5, 5.41) is 8.63. The molecule has 3 N–H and O–H groups in total. The molecule has 1 aromatic carbocycles. The summed E-state index contributed by atoms with van der Waals surface area (Å²) in [6, 6.07) is 3.20. The number of methoxy groups -OCH3 is 2. The Labute approximate surface area is 121 Å². The van der Waals surface area contributed by atoms with Gasteiger partial charge in [-0.2, -0.15) is 0 Å². The van der Waals surface area contributed by atoms with E-state index in [2.05, 4.69) is 0 Å². The highest BCUT2D eigenvalue weighted by atomic mass is 16.5. The molecule has 1 rings (SSSR count). The van der Waals surface area contributed by atoms with Gasteiger partial charge in [0, 0.05) is 6.08 Å². The molecule has 0 bridgehead atoms. The Morgan fingerprint density at radius 3 is 2.24 bits per heavy atom. The number of benzene rings is 1. The molecular formula is C14H17NO6. The van der Waals surface area contributed by atoms with Crippen LogP contribution in [0.3, 0.4) is 0 Å². The molecule has 0 aliphatic heterocycles. The molecule has 114 valence electrons. The number of carboxylic acid groups (broad SMARTS) is 1. The zero-order valence-corrected chi connectivity index (χ0v) is 11.8. The van der Waals surface area contributed by atoms with E-state index >= 15 is 0 Å². The Hall–Kier alpha value is -2.70. The molecule has 0 unspecified atom stereocenters. The van der Waals surface area contributed by atoms with Crippen molar-refractivity contribution in [1.82, 2.24) is 0 Å². The summed E-state index contributed by atoms with van der Waals surface area (Å²) in [5.41, 5.74) is 5.62. The number of amides is 1. The number of carbonyl (C=O) groups excluding carboxylic acids is 1. The first-order valence-electron chi connectivity index (χ1n) is 6.06. The summed E-state index contributed by atoms with van der Waals surface area (Å²) in [7, 11) is 2.89. The van der Waals surface area contributed by atoms with Crippen LogP contribution in [-0.4, -0.2) is 37.8 Å². The lowest BCUT2D eigenvalue weighted by Gasteiger charge is -2.15. The first kappa shape index (κ1) is 16.4. The van der Waals surface area contributed by atoms with Crippen molar-refractivity contribution >= 4 is 18.0 Å². The molecule has 0 atom stereocenters. The van der Waals surface area contributed by atoms with Crippen molar-refractivity contribution in [3.63, 3.8) is 0 Å². The van der Waals surface area contributed by atoms with Crippen LogP contribution in [0.5, 0.6) is 17.2 Å². The van der Waals surface area contributed by atoms with Gasteiger partial charge in [-0.05, 0) is 23.8 Å². The summed E-state index contributed by atoms with van der Waals surface area (Å²) >= 11 is 0. The number of carbonyl (C=O) groups is 2. The fraction of sp³-hybridized carbons (Fsp3) is 0.286. The maximum absolute atomic E-state index is 10.7. The smallest absolute Gasteiger partial charge is 0.328 e. The summed E-state index contributed by atoms with van der Waals surface area (Å²) in [6.45, 7) is 0.0896. The molecule has 0 saturated carbocycles. The van der Waals surface area contributed by atoms with Crippen molar-refractivity contribution < 1.29 is 28.9 Å². The van der Waals surface area contributed by atoms with Crippen LogP contribution in [0, 0.1) is 0 Å². The van der Waals surface area contributed by atoms with Gasteiger partial charge in [-0.1, -0.05) is 0 Å². The van der Waals surface area contributed by atoms with Gasteiger partial charge in [-0.15, -0.1) is 0 Å². The standard InChI is InChI=1S/C14H17NO6/c1-19-10-7-9(3-4-13(17)18)8-11(20-2)14(10)21-6-5-12(15)16/h3-4,7-8H,5-6H2,1-2H3,(H2,15,16)(H,17,18)/b4-3+. The number of carboxylic acids is 1. The van der Waals surface area contributed by atoms with Crippen LogP contribution in [0.4, 0.5) is 0 Å².